The van der Waals surface area contributed by atoms with E-state index in [1.165, 1.54) is 17.8 Å². The molecular weight excluding hydrogens is 631 g/mol. The van der Waals surface area contributed by atoms with E-state index in [9.17, 15) is 14.3 Å². The van der Waals surface area contributed by atoms with Crippen LogP contribution in [0.5, 0.6) is 5.75 Å². The summed E-state index contributed by atoms with van der Waals surface area (Å²) in [6.07, 6.45) is 3.65. The number of hydrogen-bond acceptors (Lipinski definition) is 6. The maximum atomic E-state index is 14.6. The minimum absolute atomic E-state index is 0.0000388. The summed E-state index contributed by atoms with van der Waals surface area (Å²) in [4.78, 5) is 18.0. The molecule has 0 spiro atoms. The van der Waals surface area contributed by atoms with Crippen LogP contribution in [-0.2, 0) is 16.1 Å². The quantitative estimate of drug-likeness (QED) is 0.192. The standard InChI is InChI=1S/C31H25BrClFN2O4S/c1-3-39-21-11-9-20(10-12-21)35-30-28(31(38)40-4-2)29(37)27(41-30)14-18-16-36(26-13-8-19(32)15-22(18)26)17-23-24(33)6-5-7-25(23)34/h5-16,37H,3-4,17H2,1-2H3/b27-14-,35-30?. The highest BCUT2D eigenvalue weighted by Gasteiger charge is 2.33. The predicted molar refractivity (Wildman–Crippen MR) is 167 cm³/mol. The van der Waals surface area contributed by atoms with Crippen molar-refractivity contribution in [1.82, 2.24) is 4.57 Å². The third-order valence-corrected chi connectivity index (χ3v) is 8.17. The first-order valence-electron chi connectivity index (χ1n) is 12.8. The van der Waals surface area contributed by atoms with E-state index >= 15 is 0 Å². The van der Waals surface area contributed by atoms with Crippen LogP contribution in [-0.4, -0.2) is 33.9 Å². The molecule has 0 saturated heterocycles. The zero-order chi connectivity index (χ0) is 29.1. The van der Waals surface area contributed by atoms with E-state index in [2.05, 4.69) is 20.9 Å². The van der Waals surface area contributed by atoms with Crippen LogP contribution in [0.4, 0.5) is 10.1 Å². The fourth-order valence-corrected chi connectivity index (χ4v) is 6.04. The third kappa shape index (κ3) is 6.22. The topological polar surface area (TPSA) is 73.0 Å². The van der Waals surface area contributed by atoms with Crippen molar-refractivity contribution in [2.45, 2.75) is 20.4 Å². The van der Waals surface area contributed by atoms with E-state index in [0.717, 1.165) is 20.9 Å². The van der Waals surface area contributed by atoms with Crippen molar-refractivity contribution in [3.8, 4) is 5.75 Å². The summed E-state index contributed by atoms with van der Waals surface area (Å²) in [5.74, 6) is -0.562. The molecule has 0 radical (unpaired) electrons. The van der Waals surface area contributed by atoms with E-state index in [4.69, 9.17) is 21.1 Å². The van der Waals surface area contributed by atoms with E-state index in [1.54, 1.807) is 49.4 Å². The van der Waals surface area contributed by atoms with Gasteiger partial charge in [0, 0.05) is 37.7 Å². The molecule has 0 aliphatic carbocycles. The molecule has 1 aromatic heterocycles. The van der Waals surface area contributed by atoms with Gasteiger partial charge in [0.2, 0.25) is 0 Å². The smallest absolute Gasteiger partial charge is 0.344 e. The van der Waals surface area contributed by atoms with Crippen molar-refractivity contribution in [2.24, 2.45) is 4.99 Å². The van der Waals surface area contributed by atoms with Gasteiger partial charge < -0.3 is 19.1 Å². The van der Waals surface area contributed by atoms with Gasteiger partial charge in [-0.15, -0.1) is 0 Å². The molecular formula is C31H25BrClFN2O4S. The average Bonchev–Trinajstić information content (AvgIpc) is 3.43. The molecule has 0 unspecified atom stereocenters. The fraction of sp³-hybridized carbons (Fsp3) is 0.161. The molecule has 0 saturated carbocycles. The van der Waals surface area contributed by atoms with Gasteiger partial charge >= 0.3 is 5.97 Å². The molecule has 4 aromatic rings. The molecule has 41 heavy (non-hydrogen) atoms. The maximum absolute atomic E-state index is 14.6. The second kappa shape index (κ2) is 12.5. The molecule has 0 fully saturated rings. The zero-order valence-electron chi connectivity index (χ0n) is 22.2. The Bertz CT molecular complexity index is 1710. The molecule has 2 heterocycles. The van der Waals surface area contributed by atoms with Crippen molar-refractivity contribution in [3.63, 3.8) is 0 Å². The van der Waals surface area contributed by atoms with Crippen LogP contribution in [0, 0.1) is 5.82 Å². The lowest BCUT2D eigenvalue weighted by Gasteiger charge is -2.08. The first-order chi connectivity index (χ1) is 19.8. The molecule has 0 atom stereocenters. The number of rotatable bonds is 8. The number of nitrogens with zero attached hydrogens (tertiary/aromatic N) is 2. The van der Waals surface area contributed by atoms with Crippen LogP contribution in [0.3, 0.4) is 0 Å². The average molecular weight is 656 g/mol. The van der Waals surface area contributed by atoms with Crippen LogP contribution in [0.15, 0.2) is 92.6 Å². The largest absolute Gasteiger partial charge is 0.506 e. The first kappa shape index (κ1) is 29.0. The van der Waals surface area contributed by atoms with Gasteiger partial charge in [0.15, 0.2) is 0 Å². The lowest BCUT2D eigenvalue weighted by Crippen LogP contribution is -2.12. The molecule has 1 aliphatic heterocycles. The highest BCUT2D eigenvalue weighted by Crippen LogP contribution is 2.41. The van der Waals surface area contributed by atoms with Crippen molar-refractivity contribution in [3.05, 3.63) is 110 Å². The number of aliphatic hydroxyl groups excluding tert-OH is 1. The van der Waals surface area contributed by atoms with Gasteiger partial charge in [-0.2, -0.15) is 0 Å². The number of esters is 1. The van der Waals surface area contributed by atoms with Gasteiger partial charge in [0.1, 0.15) is 27.9 Å². The summed E-state index contributed by atoms with van der Waals surface area (Å²) in [6.45, 7) is 4.51. The summed E-state index contributed by atoms with van der Waals surface area (Å²) in [6, 6.07) is 17.5. The number of benzene rings is 3. The summed E-state index contributed by atoms with van der Waals surface area (Å²) >= 11 is 11.0. The Morgan fingerprint density at radius 1 is 1.15 bits per heavy atom. The number of thioether (sulfide) groups is 1. The van der Waals surface area contributed by atoms with Gasteiger partial charge in [-0.1, -0.05) is 45.4 Å². The SMILES string of the molecule is CCOC(=O)C1=C(O)/C(=C/c2cn(Cc3c(F)cccc3Cl)c3ccc(Br)cc23)SC1=Nc1ccc(OCC)cc1. The Balaban J connectivity index is 1.58. The lowest BCUT2D eigenvalue weighted by molar-refractivity contribution is -0.138. The van der Waals surface area contributed by atoms with E-state index in [0.29, 0.717) is 38.6 Å². The molecule has 3 aromatic carbocycles. The Labute approximate surface area is 254 Å². The molecule has 5 rings (SSSR count). The second-order valence-corrected chi connectivity index (χ2v) is 11.3. The summed E-state index contributed by atoms with van der Waals surface area (Å²) in [7, 11) is 0. The number of halogens is 3. The van der Waals surface area contributed by atoms with Gasteiger partial charge in [0.25, 0.3) is 0 Å². The van der Waals surface area contributed by atoms with Crippen molar-refractivity contribution in [1.29, 1.82) is 0 Å². The number of fused-ring (bicyclic) bond motifs is 1. The summed E-state index contributed by atoms with van der Waals surface area (Å²) < 4.78 is 28.1. The van der Waals surface area contributed by atoms with Crippen molar-refractivity contribution in [2.75, 3.05) is 13.2 Å². The number of hydrogen-bond donors (Lipinski definition) is 1. The number of ether oxygens (including phenoxy) is 2. The minimum Gasteiger partial charge on any atom is -0.506 e. The van der Waals surface area contributed by atoms with E-state index in [1.807, 2.05) is 35.9 Å². The number of aliphatic imine (C=N–C) groups is 1. The van der Waals surface area contributed by atoms with Crippen LogP contribution >= 0.6 is 39.3 Å². The zero-order valence-corrected chi connectivity index (χ0v) is 25.3. The first-order valence-corrected chi connectivity index (χ1v) is 14.8. The van der Waals surface area contributed by atoms with Crippen LogP contribution in [0.1, 0.15) is 25.0 Å². The molecule has 0 bridgehead atoms. The highest BCUT2D eigenvalue weighted by molar-refractivity contribution is 9.10. The number of carbonyl (C=O) groups is 1. The van der Waals surface area contributed by atoms with Gasteiger partial charge in [-0.3, -0.25) is 0 Å². The fourth-order valence-electron chi connectivity index (χ4n) is 4.43. The molecule has 0 amide bonds. The third-order valence-electron chi connectivity index (χ3n) is 6.30. The summed E-state index contributed by atoms with van der Waals surface area (Å²) in [5.41, 5.74) is 2.57. The Morgan fingerprint density at radius 3 is 2.63 bits per heavy atom. The molecule has 1 aliphatic rings. The monoisotopic (exact) mass is 654 g/mol. The highest BCUT2D eigenvalue weighted by atomic mass is 79.9. The Kier molecular flexibility index (Phi) is 8.87. The van der Waals surface area contributed by atoms with E-state index in [-0.39, 0.29) is 24.5 Å². The van der Waals surface area contributed by atoms with Gasteiger partial charge in [-0.25, -0.2) is 14.2 Å². The van der Waals surface area contributed by atoms with Gasteiger partial charge in [0.05, 0.1) is 30.4 Å². The second-order valence-electron chi connectivity index (χ2n) is 8.97. The predicted octanol–water partition coefficient (Wildman–Crippen LogP) is 8.84. The number of carbonyl (C=O) groups excluding carboxylic acids is 1. The Morgan fingerprint density at radius 2 is 1.93 bits per heavy atom. The molecule has 210 valence electrons. The van der Waals surface area contributed by atoms with E-state index < -0.39 is 11.8 Å². The molecule has 1 N–H and O–H groups in total. The van der Waals surface area contributed by atoms with Crippen molar-refractivity contribution >= 4 is 73.0 Å². The van der Waals surface area contributed by atoms with Crippen LogP contribution in [0.25, 0.3) is 17.0 Å². The van der Waals surface area contributed by atoms with Gasteiger partial charge in [-0.05, 0) is 74.5 Å². The minimum atomic E-state index is -0.662. The summed E-state index contributed by atoms with van der Waals surface area (Å²) in [5, 5.41) is 12.7. The van der Waals surface area contributed by atoms with Crippen LogP contribution < -0.4 is 4.74 Å². The Hall–Kier alpha value is -3.53. The molecule has 10 heteroatoms. The normalized spacial score (nSPS) is 15.3. The lowest BCUT2D eigenvalue weighted by atomic mass is 10.1. The maximum Gasteiger partial charge on any atom is 0.344 e. The van der Waals surface area contributed by atoms with Crippen molar-refractivity contribution < 1.29 is 23.8 Å². The number of aromatic nitrogens is 1. The molecule has 6 nitrogen and oxygen atoms in total. The van der Waals surface area contributed by atoms with Crippen LogP contribution in [0.2, 0.25) is 5.02 Å². The number of aliphatic hydroxyl groups is 1.